The third kappa shape index (κ3) is 2.93. The average Bonchev–Trinajstić information content (AvgIpc) is 2.91. The Morgan fingerprint density at radius 3 is 2.64 bits per heavy atom. The Labute approximate surface area is 133 Å². The lowest BCUT2D eigenvalue weighted by Crippen LogP contribution is -2.50. The lowest BCUT2D eigenvalue weighted by atomic mass is 10.2. The van der Waals surface area contributed by atoms with Crippen LogP contribution in [0.1, 0.15) is 17.4 Å². The van der Waals surface area contributed by atoms with Crippen LogP contribution in [-0.2, 0) is 0 Å². The number of hydrogen-bond acceptors (Lipinski definition) is 4. The molecule has 22 heavy (non-hydrogen) atoms. The lowest BCUT2D eigenvalue weighted by molar-refractivity contribution is 0.0983. The van der Waals surface area contributed by atoms with Crippen molar-refractivity contribution in [2.45, 2.75) is 13.0 Å². The molecule has 1 aromatic carbocycles. The lowest BCUT2D eigenvalue weighted by Gasteiger charge is -2.28. The first kappa shape index (κ1) is 14.9. The van der Waals surface area contributed by atoms with Crippen molar-refractivity contribution in [3.8, 4) is 5.75 Å². The number of nitrogens with zero attached hydrogens (tertiary/aromatic N) is 2. The molecule has 6 nitrogen and oxygen atoms in total. The third-order valence-corrected chi connectivity index (χ3v) is 3.84. The zero-order chi connectivity index (χ0) is 15.5. The molecule has 1 aliphatic heterocycles. The molecule has 1 fully saturated rings. The number of rotatable bonds is 5. The molecule has 2 aromatic rings. The van der Waals surface area contributed by atoms with Gasteiger partial charge in [-0.1, -0.05) is 11.6 Å². The summed E-state index contributed by atoms with van der Waals surface area (Å²) < 4.78 is 5.77. The zero-order valence-corrected chi connectivity index (χ0v) is 12.9. The molecule has 0 atom stereocenters. The minimum atomic E-state index is -0.231. The molecule has 1 saturated heterocycles. The SMILES string of the molecule is CCN(C(=O)c1n[nH]cc1Cl)c1ccc(OC2CNC2)cc1. The summed E-state index contributed by atoms with van der Waals surface area (Å²) in [6.45, 7) is 4.18. The maximum absolute atomic E-state index is 12.5. The van der Waals surface area contributed by atoms with Crippen molar-refractivity contribution in [3.05, 3.63) is 41.2 Å². The van der Waals surface area contributed by atoms with Gasteiger partial charge in [-0.2, -0.15) is 5.10 Å². The van der Waals surface area contributed by atoms with E-state index in [0.29, 0.717) is 11.6 Å². The number of H-pyrrole nitrogens is 1. The van der Waals surface area contributed by atoms with E-state index < -0.39 is 0 Å². The summed E-state index contributed by atoms with van der Waals surface area (Å²) in [7, 11) is 0. The van der Waals surface area contributed by atoms with Crippen LogP contribution in [-0.4, -0.2) is 41.8 Å². The minimum Gasteiger partial charge on any atom is -0.488 e. The maximum Gasteiger partial charge on any atom is 0.280 e. The van der Waals surface area contributed by atoms with Crippen molar-refractivity contribution < 1.29 is 9.53 Å². The van der Waals surface area contributed by atoms with Crippen molar-refractivity contribution >= 4 is 23.2 Å². The topological polar surface area (TPSA) is 70.2 Å². The number of benzene rings is 1. The Balaban J connectivity index is 1.75. The molecular formula is C15H17ClN4O2. The summed E-state index contributed by atoms with van der Waals surface area (Å²) >= 11 is 5.96. The van der Waals surface area contributed by atoms with E-state index in [1.807, 2.05) is 31.2 Å². The van der Waals surface area contributed by atoms with Gasteiger partial charge in [0.15, 0.2) is 5.69 Å². The predicted octanol–water partition coefficient (Wildman–Crippen LogP) is 2.08. The summed E-state index contributed by atoms with van der Waals surface area (Å²) in [5, 5.41) is 9.98. The summed E-state index contributed by atoms with van der Waals surface area (Å²) in [6.07, 6.45) is 1.73. The van der Waals surface area contributed by atoms with Crippen LogP contribution in [0.5, 0.6) is 5.75 Å². The molecule has 0 saturated carbocycles. The second-order valence-corrected chi connectivity index (χ2v) is 5.43. The Bertz CT molecular complexity index is 652. The van der Waals surface area contributed by atoms with Crippen LogP contribution < -0.4 is 15.0 Å². The van der Waals surface area contributed by atoms with E-state index in [1.54, 1.807) is 4.90 Å². The predicted molar refractivity (Wildman–Crippen MR) is 84.7 cm³/mol. The van der Waals surface area contributed by atoms with E-state index in [1.165, 1.54) is 6.20 Å². The Morgan fingerprint density at radius 1 is 1.41 bits per heavy atom. The van der Waals surface area contributed by atoms with Crippen LogP contribution in [0, 0.1) is 0 Å². The summed E-state index contributed by atoms with van der Waals surface area (Å²) in [6, 6.07) is 7.47. The molecule has 0 unspecified atom stereocenters. The smallest absolute Gasteiger partial charge is 0.280 e. The molecule has 116 valence electrons. The van der Waals surface area contributed by atoms with Gasteiger partial charge < -0.3 is 15.0 Å². The molecule has 3 rings (SSSR count). The van der Waals surface area contributed by atoms with Gasteiger partial charge >= 0.3 is 0 Å². The monoisotopic (exact) mass is 320 g/mol. The number of carbonyl (C=O) groups excluding carboxylic acids is 1. The van der Waals surface area contributed by atoms with Gasteiger partial charge in [-0.25, -0.2) is 0 Å². The number of nitrogens with one attached hydrogen (secondary N) is 2. The molecule has 1 aromatic heterocycles. The molecule has 2 N–H and O–H groups in total. The normalized spacial score (nSPS) is 14.5. The van der Waals surface area contributed by atoms with Gasteiger partial charge in [-0.05, 0) is 31.2 Å². The van der Waals surface area contributed by atoms with E-state index in [2.05, 4.69) is 15.5 Å². The molecule has 7 heteroatoms. The Hall–Kier alpha value is -2.05. The highest BCUT2D eigenvalue weighted by atomic mass is 35.5. The Kier molecular flexibility index (Phi) is 4.31. The molecule has 0 spiro atoms. The van der Waals surface area contributed by atoms with Crippen molar-refractivity contribution in [3.63, 3.8) is 0 Å². The van der Waals surface area contributed by atoms with Crippen LogP contribution in [0.2, 0.25) is 5.02 Å². The Morgan fingerprint density at radius 2 is 2.14 bits per heavy atom. The molecule has 1 aliphatic rings. The highest BCUT2D eigenvalue weighted by Gasteiger charge is 2.22. The second-order valence-electron chi connectivity index (χ2n) is 5.02. The van der Waals surface area contributed by atoms with Crippen molar-refractivity contribution in [1.29, 1.82) is 0 Å². The molecular weight excluding hydrogens is 304 g/mol. The molecule has 0 bridgehead atoms. The van der Waals surface area contributed by atoms with Crippen LogP contribution in [0.3, 0.4) is 0 Å². The third-order valence-electron chi connectivity index (χ3n) is 3.55. The first-order valence-corrected chi connectivity index (χ1v) is 7.55. The number of hydrogen-bond donors (Lipinski definition) is 2. The summed E-state index contributed by atoms with van der Waals surface area (Å²) in [4.78, 5) is 14.1. The van der Waals surface area contributed by atoms with Crippen molar-refractivity contribution in [2.75, 3.05) is 24.5 Å². The average molecular weight is 321 g/mol. The number of amides is 1. The summed E-state index contributed by atoms with van der Waals surface area (Å²) in [5.41, 5.74) is 1.01. The minimum absolute atomic E-state index is 0.226. The highest BCUT2D eigenvalue weighted by Crippen LogP contribution is 2.23. The maximum atomic E-state index is 12.5. The fourth-order valence-corrected chi connectivity index (χ4v) is 2.41. The standard InChI is InChI=1S/C15H17ClN4O2/c1-2-20(15(21)14-13(16)9-18-19-14)10-3-5-11(6-4-10)22-12-7-17-8-12/h3-6,9,12,17H,2,7-8H2,1H3,(H,18,19). The highest BCUT2D eigenvalue weighted by molar-refractivity contribution is 6.34. The van der Waals surface area contributed by atoms with Crippen molar-refractivity contribution in [2.24, 2.45) is 0 Å². The van der Waals surface area contributed by atoms with E-state index in [9.17, 15) is 4.79 Å². The van der Waals surface area contributed by atoms with Crippen molar-refractivity contribution in [1.82, 2.24) is 15.5 Å². The fraction of sp³-hybridized carbons (Fsp3) is 0.333. The number of aromatic nitrogens is 2. The fourth-order valence-electron chi connectivity index (χ4n) is 2.24. The quantitative estimate of drug-likeness (QED) is 0.885. The first-order valence-electron chi connectivity index (χ1n) is 7.17. The number of anilines is 1. The molecule has 0 radical (unpaired) electrons. The van der Waals surface area contributed by atoms with Crippen LogP contribution in [0.25, 0.3) is 0 Å². The number of ether oxygens (including phenoxy) is 1. The molecule has 0 aliphatic carbocycles. The number of halogens is 1. The first-order chi connectivity index (χ1) is 10.7. The molecule has 1 amide bonds. The van der Waals surface area contributed by atoms with Crippen LogP contribution >= 0.6 is 11.6 Å². The van der Waals surface area contributed by atoms with E-state index in [-0.39, 0.29) is 17.7 Å². The van der Waals surface area contributed by atoms with Gasteiger partial charge in [0.05, 0.1) is 5.02 Å². The zero-order valence-electron chi connectivity index (χ0n) is 12.2. The van der Waals surface area contributed by atoms with E-state index in [0.717, 1.165) is 24.5 Å². The van der Waals surface area contributed by atoms with Crippen LogP contribution in [0.15, 0.2) is 30.5 Å². The largest absolute Gasteiger partial charge is 0.488 e. The van der Waals surface area contributed by atoms with Gasteiger partial charge in [0.1, 0.15) is 11.9 Å². The second kappa shape index (κ2) is 6.37. The molecule has 2 heterocycles. The van der Waals surface area contributed by atoms with Gasteiger partial charge in [-0.3, -0.25) is 9.89 Å². The van der Waals surface area contributed by atoms with Crippen LogP contribution in [0.4, 0.5) is 5.69 Å². The van der Waals surface area contributed by atoms with Gasteiger partial charge in [0.2, 0.25) is 0 Å². The summed E-state index contributed by atoms with van der Waals surface area (Å²) in [5.74, 6) is 0.571. The number of aromatic amines is 1. The van der Waals surface area contributed by atoms with E-state index >= 15 is 0 Å². The van der Waals surface area contributed by atoms with Gasteiger partial charge in [0.25, 0.3) is 5.91 Å². The van der Waals surface area contributed by atoms with Gasteiger partial charge in [-0.15, -0.1) is 0 Å². The number of carbonyl (C=O) groups is 1. The van der Waals surface area contributed by atoms with Gasteiger partial charge in [0, 0.05) is 31.5 Å². The van der Waals surface area contributed by atoms with E-state index in [4.69, 9.17) is 16.3 Å².